The summed E-state index contributed by atoms with van der Waals surface area (Å²) in [5.41, 5.74) is 0.0231. The molecule has 0 aliphatic heterocycles. The molecule has 0 radical (unpaired) electrons. The van der Waals surface area contributed by atoms with E-state index in [0.717, 1.165) is 0 Å². The Balaban J connectivity index is 3.05. The lowest BCUT2D eigenvalue weighted by Gasteiger charge is -2.01. The Bertz CT molecular complexity index is 292. The van der Waals surface area contributed by atoms with Gasteiger partial charge < -0.3 is 5.11 Å². The van der Waals surface area contributed by atoms with E-state index in [2.05, 4.69) is 0 Å². The summed E-state index contributed by atoms with van der Waals surface area (Å²) in [7, 11) is 0. The smallest absolute Gasteiger partial charge is 0.168 e. The van der Waals surface area contributed by atoms with Crippen LogP contribution >= 0.6 is 0 Å². The minimum absolute atomic E-state index is 0.0231. The molecule has 0 unspecified atom stereocenters. The lowest BCUT2D eigenvalue weighted by Crippen LogP contribution is -1.96. The van der Waals surface area contributed by atoms with Gasteiger partial charge in [0.25, 0.3) is 0 Å². The molecule has 1 rings (SSSR count). The number of nitriles is 1. The van der Waals surface area contributed by atoms with Gasteiger partial charge in [-0.3, -0.25) is 0 Å². The van der Waals surface area contributed by atoms with E-state index < -0.39 is 11.9 Å². The number of hydrogen-bond acceptors (Lipinski definition) is 2. The monoisotopic (exact) mass is 151 g/mol. The Kier molecular flexibility index (Phi) is 2.19. The van der Waals surface area contributed by atoms with Gasteiger partial charge in [-0.1, -0.05) is 18.2 Å². The zero-order valence-electron chi connectivity index (χ0n) is 5.66. The molecule has 1 aromatic rings. The molecule has 0 aromatic heterocycles. The van der Waals surface area contributed by atoms with Crippen LogP contribution in [0.1, 0.15) is 11.7 Å². The van der Waals surface area contributed by atoms with Crippen LogP contribution in [0.2, 0.25) is 0 Å². The summed E-state index contributed by atoms with van der Waals surface area (Å²) in [6.45, 7) is 0. The second-order valence-corrected chi connectivity index (χ2v) is 2.05. The second-order valence-electron chi connectivity index (χ2n) is 2.05. The Morgan fingerprint density at radius 3 is 2.64 bits per heavy atom. The van der Waals surface area contributed by atoms with Crippen molar-refractivity contribution < 1.29 is 9.50 Å². The number of rotatable bonds is 1. The van der Waals surface area contributed by atoms with E-state index in [9.17, 15) is 4.39 Å². The lowest BCUT2D eigenvalue weighted by molar-refractivity contribution is 0.230. The number of aliphatic hydroxyl groups excluding tert-OH is 1. The molecule has 0 saturated carbocycles. The van der Waals surface area contributed by atoms with Crippen LogP contribution < -0.4 is 0 Å². The van der Waals surface area contributed by atoms with E-state index >= 15 is 0 Å². The van der Waals surface area contributed by atoms with Crippen molar-refractivity contribution in [1.82, 2.24) is 0 Å². The van der Waals surface area contributed by atoms with Crippen LogP contribution in [-0.4, -0.2) is 5.11 Å². The maximum Gasteiger partial charge on any atom is 0.168 e. The Morgan fingerprint density at radius 2 is 2.09 bits per heavy atom. The topological polar surface area (TPSA) is 44.0 Å². The van der Waals surface area contributed by atoms with Crippen LogP contribution in [-0.2, 0) is 0 Å². The van der Waals surface area contributed by atoms with E-state index in [0.29, 0.717) is 0 Å². The fourth-order valence-corrected chi connectivity index (χ4v) is 0.766. The van der Waals surface area contributed by atoms with E-state index in [1.54, 1.807) is 6.07 Å². The molecule has 0 bridgehead atoms. The Morgan fingerprint density at radius 1 is 1.45 bits per heavy atom. The normalized spacial score (nSPS) is 12.1. The van der Waals surface area contributed by atoms with Crippen LogP contribution in [0, 0.1) is 17.1 Å². The van der Waals surface area contributed by atoms with Crippen molar-refractivity contribution in [3.05, 3.63) is 35.6 Å². The molecule has 2 nitrogen and oxygen atoms in total. The third-order valence-corrected chi connectivity index (χ3v) is 1.32. The molecular weight excluding hydrogens is 145 g/mol. The SMILES string of the molecule is N#C[C@@H](O)c1ccccc1F. The molecular formula is C8H6FNO. The third-order valence-electron chi connectivity index (χ3n) is 1.32. The molecule has 1 N–H and O–H groups in total. The summed E-state index contributed by atoms with van der Waals surface area (Å²) in [6.07, 6.45) is -1.36. The summed E-state index contributed by atoms with van der Waals surface area (Å²) in [6, 6.07) is 7.19. The molecule has 0 aliphatic carbocycles. The average molecular weight is 151 g/mol. The van der Waals surface area contributed by atoms with Gasteiger partial charge in [0.2, 0.25) is 0 Å². The lowest BCUT2D eigenvalue weighted by atomic mass is 10.1. The molecule has 0 heterocycles. The van der Waals surface area contributed by atoms with Gasteiger partial charge in [-0.2, -0.15) is 5.26 Å². The predicted octanol–water partition coefficient (Wildman–Crippen LogP) is 1.38. The minimum atomic E-state index is -1.36. The average Bonchev–Trinajstić information content (AvgIpc) is 2.04. The molecule has 0 saturated heterocycles. The van der Waals surface area contributed by atoms with Crippen molar-refractivity contribution in [3.8, 4) is 6.07 Å². The third kappa shape index (κ3) is 1.54. The van der Waals surface area contributed by atoms with E-state index in [-0.39, 0.29) is 5.56 Å². The summed E-state index contributed by atoms with van der Waals surface area (Å²) in [5, 5.41) is 17.2. The first kappa shape index (κ1) is 7.70. The van der Waals surface area contributed by atoms with Crippen LogP contribution in [0.25, 0.3) is 0 Å². The standard InChI is InChI=1S/C8H6FNO/c9-7-4-2-1-3-6(7)8(11)5-10/h1-4,8,11H/t8-/m1/s1. The van der Waals surface area contributed by atoms with Crippen molar-refractivity contribution in [2.75, 3.05) is 0 Å². The molecule has 56 valence electrons. The first-order valence-electron chi connectivity index (χ1n) is 3.08. The molecule has 0 aliphatic rings. The molecule has 1 aromatic carbocycles. The van der Waals surface area contributed by atoms with Gasteiger partial charge in [0.1, 0.15) is 5.82 Å². The molecule has 1 atom stereocenters. The molecule has 0 fully saturated rings. The molecule has 0 amide bonds. The van der Waals surface area contributed by atoms with Gasteiger partial charge in [-0.15, -0.1) is 0 Å². The van der Waals surface area contributed by atoms with Crippen molar-refractivity contribution in [2.24, 2.45) is 0 Å². The first-order chi connectivity index (χ1) is 5.25. The van der Waals surface area contributed by atoms with Crippen molar-refractivity contribution in [3.63, 3.8) is 0 Å². The van der Waals surface area contributed by atoms with Gasteiger partial charge in [-0.25, -0.2) is 4.39 Å². The summed E-state index contributed by atoms with van der Waals surface area (Å²) >= 11 is 0. The Labute approximate surface area is 63.5 Å². The minimum Gasteiger partial charge on any atom is -0.374 e. The highest BCUT2D eigenvalue weighted by molar-refractivity contribution is 5.23. The van der Waals surface area contributed by atoms with Gasteiger partial charge in [0.05, 0.1) is 6.07 Å². The predicted molar refractivity (Wildman–Crippen MR) is 37.0 cm³/mol. The number of aliphatic hydroxyl groups is 1. The molecule has 0 spiro atoms. The van der Waals surface area contributed by atoms with Crippen molar-refractivity contribution in [1.29, 1.82) is 5.26 Å². The van der Waals surface area contributed by atoms with E-state index in [4.69, 9.17) is 10.4 Å². The first-order valence-corrected chi connectivity index (χ1v) is 3.08. The maximum atomic E-state index is 12.7. The summed E-state index contributed by atoms with van der Waals surface area (Å²) < 4.78 is 12.7. The van der Waals surface area contributed by atoms with Crippen molar-refractivity contribution >= 4 is 0 Å². The quantitative estimate of drug-likeness (QED) is 0.616. The van der Waals surface area contributed by atoms with Crippen LogP contribution in [0.5, 0.6) is 0 Å². The summed E-state index contributed by atoms with van der Waals surface area (Å²) in [5.74, 6) is -0.554. The zero-order chi connectivity index (χ0) is 8.27. The second kappa shape index (κ2) is 3.13. The van der Waals surface area contributed by atoms with Crippen molar-refractivity contribution in [2.45, 2.75) is 6.10 Å². The van der Waals surface area contributed by atoms with Gasteiger partial charge in [0.15, 0.2) is 6.10 Å². The Hall–Kier alpha value is -1.40. The fraction of sp³-hybridized carbons (Fsp3) is 0.125. The highest BCUT2D eigenvalue weighted by atomic mass is 19.1. The molecule has 3 heteroatoms. The van der Waals surface area contributed by atoms with Crippen LogP contribution in [0.4, 0.5) is 4.39 Å². The number of halogens is 1. The zero-order valence-corrected chi connectivity index (χ0v) is 5.66. The number of hydrogen-bond donors (Lipinski definition) is 1. The number of benzene rings is 1. The van der Waals surface area contributed by atoms with Gasteiger partial charge in [-0.05, 0) is 6.07 Å². The molecule has 11 heavy (non-hydrogen) atoms. The summed E-state index contributed by atoms with van der Waals surface area (Å²) in [4.78, 5) is 0. The van der Waals surface area contributed by atoms with Crippen LogP contribution in [0.3, 0.4) is 0 Å². The fourth-order valence-electron chi connectivity index (χ4n) is 0.766. The van der Waals surface area contributed by atoms with E-state index in [1.807, 2.05) is 0 Å². The maximum absolute atomic E-state index is 12.7. The van der Waals surface area contributed by atoms with E-state index in [1.165, 1.54) is 24.3 Å². The number of nitrogens with zero attached hydrogens (tertiary/aromatic N) is 1. The largest absolute Gasteiger partial charge is 0.374 e. The van der Waals surface area contributed by atoms with Gasteiger partial charge in [0, 0.05) is 5.56 Å². The highest BCUT2D eigenvalue weighted by Crippen LogP contribution is 2.14. The van der Waals surface area contributed by atoms with Gasteiger partial charge >= 0.3 is 0 Å². The highest BCUT2D eigenvalue weighted by Gasteiger charge is 2.09. The van der Waals surface area contributed by atoms with Crippen LogP contribution in [0.15, 0.2) is 24.3 Å².